The lowest BCUT2D eigenvalue weighted by Gasteiger charge is -2.60. The van der Waals surface area contributed by atoms with Crippen LogP contribution in [0, 0.1) is 5.92 Å². The van der Waals surface area contributed by atoms with Crippen LogP contribution in [0.2, 0.25) is 18.1 Å². The minimum Gasteiger partial charge on any atom is -0.465 e. The van der Waals surface area contributed by atoms with Crippen LogP contribution < -0.4 is 0 Å². The fourth-order valence-electron chi connectivity index (χ4n) is 5.69. The van der Waals surface area contributed by atoms with Gasteiger partial charge in [0, 0.05) is 6.92 Å². The molecule has 0 aliphatic carbocycles. The van der Waals surface area contributed by atoms with E-state index in [-0.39, 0.29) is 16.3 Å². The first kappa shape index (κ1) is 29.9. The maximum absolute atomic E-state index is 14.4. The van der Waals surface area contributed by atoms with Crippen LogP contribution in [0.15, 0.2) is 114 Å². The highest BCUT2D eigenvalue weighted by Crippen LogP contribution is 2.59. The summed E-state index contributed by atoms with van der Waals surface area (Å²) in [6.45, 7) is 12.6. The topological polar surface area (TPSA) is 59.8 Å². The number of esters is 1. The molecule has 0 bridgehead atoms. The molecule has 5 nitrogen and oxygen atoms in total. The third kappa shape index (κ3) is 5.24. The van der Waals surface area contributed by atoms with Crippen molar-refractivity contribution in [1.82, 2.24) is 4.57 Å². The van der Waals surface area contributed by atoms with E-state index in [1.807, 2.05) is 18.2 Å². The standard InChI is InChI=1S/C35H39NO4SSi/c1-25(37)40-31(29-23-16-24-39-29)30-32(38)36(42(5,6)34(2,3)4)33(30)41-35(26-17-10-7-11-18-26,27-19-12-8-13-20-27)28-21-14-9-15-22-28/h7-24,30-31,33H,1-6H3. The van der Waals surface area contributed by atoms with Gasteiger partial charge < -0.3 is 13.7 Å². The number of furan rings is 1. The van der Waals surface area contributed by atoms with Gasteiger partial charge >= 0.3 is 5.97 Å². The van der Waals surface area contributed by atoms with Gasteiger partial charge in [-0.1, -0.05) is 125 Å². The normalized spacial score (nSPS) is 18.3. The van der Waals surface area contributed by atoms with Gasteiger partial charge in [0.25, 0.3) is 0 Å². The number of hydrogen-bond donors (Lipinski definition) is 0. The minimum absolute atomic E-state index is 0.00447. The molecule has 0 N–H and O–H groups in total. The van der Waals surface area contributed by atoms with E-state index in [0.29, 0.717) is 5.76 Å². The van der Waals surface area contributed by atoms with Crippen LogP contribution in [0.3, 0.4) is 0 Å². The average Bonchev–Trinajstić information content (AvgIpc) is 3.50. The number of hydrogen-bond acceptors (Lipinski definition) is 5. The third-order valence-electron chi connectivity index (χ3n) is 8.80. The first-order chi connectivity index (χ1) is 20.0. The molecular formula is C35H39NO4SSi. The first-order valence-corrected chi connectivity index (χ1v) is 18.2. The van der Waals surface area contributed by atoms with E-state index < -0.39 is 31.0 Å². The number of ether oxygens (including phenoxy) is 1. The molecule has 5 rings (SSSR count). The predicted octanol–water partition coefficient (Wildman–Crippen LogP) is 8.40. The molecule has 2 heterocycles. The molecule has 0 spiro atoms. The van der Waals surface area contributed by atoms with E-state index in [1.54, 1.807) is 30.2 Å². The Morgan fingerprint density at radius 2 is 1.31 bits per heavy atom. The molecule has 1 aliphatic heterocycles. The summed E-state index contributed by atoms with van der Waals surface area (Å²) in [4.78, 5) is 26.8. The Bertz CT molecular complexity index is 1400. The quantitative estimate of drug-likeness (QED) is 0.0839. The van der Waals surface area contributed by atoms with E-state index in [2.05, 4.69) is 111 Å². The van der Waals surface area contributed by atoms with Crippen molar-refractivity contribution in [2.75, 3.05) is 0 Å². The van der Waals surface area contributed by atoms with E-state index in [4.69, 9.17) is 9.15 Å². The van der Waals surface area contributed by atoms with Crippen molar-refractivity contribution < 1.29 is 18.7 Å². The molecule has 218 valence electrons. The third-order valence-corrected chi connectivity index (χ3v) is 16.2. The van der Waals surface area contributed by atoms with Gasteiger partial charge in [-0.2, -0.15) is 0 Å². The lowest BCUT2D eigenvalue weighted by molar-refractivity contribution is -0.164. The lowest BCUT2D eigenvalue weighted by atomic mass is 9.84. The number of β-lactam (4-membered cyclic amide) rings is 1. The molecule has 42 heavy (non-hydrogen) atoms. The van der Waals surface area contributed by atoms with Crippen LogP contribution in [-0.2, 0) is 19.1 Å². The van der Waals surface area contributed by atoms with Crippen molar-refractivity contribution in [3.05, 3.63) is 132 Å². The van der Waals surface area contributed by atoms with Gasteiger partial charge in [-0.15, -0.1) is 11.8 Å². The molecule has 3 atom stereocenters. The molecule has 1 amide bonds. The fraction of sp³-hybridized carbons (Fsp3) is 0.314. The Labute approximate surface area is 254 Å². The number of amides is 1. The molecule has 3 aromatic carbocycles. The van der Waals surface area contributed by atoms with Gasteiger partial charge in [0.05, 0.1) is 16.4 Å². The highest BCUT2D eigenvalue weighted by Gasteiger charge is 2.63. The van der Waals surface area contributed by atoms with Crippen molar-refractivity contribution in [3.8, 4) is 0 Å². The predicted molar refractivity (Wildman–Crippen MR) is 171 cm³/mol. The molecule has 0 saturated carbocycles. The van der Waals surface area contributed by atoms with E-state index in [9.17, 15) is 9.59 Å². The monoisotopic (exact) mass is 597 g/mol. The van der Waals surface area contributed by atoms with Crippen molar-refractivity contribution in [1.29, 1.82) is 0 Å². The van der Waals surface area contributed by atoms with Crippen molar-refractivity contribution in [3.63, 3.8) is 0 Å². The summed E-state index contributed by atoms with van der Waals surface area (Å²) in [6, 6.07) is 35.0. The number of carbonyl (C=O) groups is 2. The van der Waals surface area contributed by atoms with Gasteiger partial charge in [-0.05, 0) is 33.9 Å². The summed E-state index contributed by atoms with van der Waals surface area (Å²) in [5.74, 6) is -0.576. The molecule has 1 aromatic heterocycles. The van der Waals surface area contributed by atoms with E-state index in [1.165, 1.54) is 6.92 Å². The smallest absolute Gasteiger partial charge is 0.303 e. The summed E-state index contributed by atoms with van der Waals surface area (Å²) >= 11 is 1.76. The molecule has 3 unspecified atom stereocenters. The number of thioether (sulfide) groups is 1. The first-order valence-electron chi connectivity index (χ1n) is 14.4. The van der Waals surface area contributed by atoms with Gasteiger partial charge in [0.2, 0.25) is 5.91 Å². The van der Waals surface area contributed by atoms with Gasteiger partial charge in [0.15, 0.2) is 14.3 Å². The molecule has 0 radical (unpaired) electrons. The summed E-state index contributed by atoms with van der Waals surface area (Å²) in [6.07, 6.45) is 0.730. The Morgan fingerprint density at radius 1 is 0.833 bits per heavy atom. The number of rotatable bonds is 9. The van der Waals surface area contributed by atoms with E-state index >= 15 is 0 Å². The molecule has 1 saturated heterocycles. The maximum atomic E-state index is 14.4. The number of carbonyl (C=O) groups excluding carboxylic acids is 2. The van der Waals surface area contributed by atoms with Gasteiger partial charge in [-0.3, -0.25) is 9.59 Å². The summed E-state index contributed by atoms with van der Waals surface area (Å²) in [7, 11) is -2.37. The van der Waals surface area contributed by atoms with E-state index in [0.717, 1.165) is 16.7 Å². The zero-order valence-corrected chi connectivity index (χ0v) is 26.9. The van der Waals surface area contributed by atoms with Crippen LogP contribution in [0.25, 0.3) is 0 Å². The lowest BCUT2D eigenvalue weighted by Crippen LogP contribution is -2.73. The number of benzene rings is 3. The van der Waals surface area contributed by atoms with Crippen molar-refractivity contribution in [2.45, 2.75) is 62.1 Å². The molecule has 1 fully saturated rings. The Kier molecular flexibility index (Phi) is 8.27. The van der Waals surface area contributed by atoms with Crippen LogP contribution in [-0.4, -0.2) is 30.1 Å². The molecular weight excluding hydrogens is 559 g/mol. The zero-order chi connectivity index (χ0) is 30.1. The van der Waals surface area contributed by atoms with Crippen LogP contribution in [0.1, 0.15) is 56.2 Å². The molecule has 7 heteroatoms. The molecule has 1 aliphatic rings. The van der Waals surface area contributed by atoms with Crippen molar-refractivity contribution >= 4 is 31.9 Å². The maximum Gasteiger partial charge on any atom is 0.303 e. The second-order valence-corrected chi connectivity index (χ2v) is 18.8. The number of nitrogens with zero attached hydrogens (tertiary/aromatic N) is 1. The van der Waals surface area contributed by atoms with Crippen LogP contribution >= 0.6 is 11.8 Å². The van der Waals surface area contributed by atoms with Gasteiger partial charge in [0.1, 0.15) is 11.7 Å². The van der Waals surface area contributed by atoms with Crippen LogP contribution in [0.5, 0.6) is 0 Å². The van der Waals surface area contributed by atoms with Gasteiger partial charge in [-0.25, -0.2) is 0 Å². The second kappa shape index (κ2) is 11.6. The zero-order valence-electron chi connectivity index (χ0n) is 25.1. The Hall–Kier alpha value is -3.55. The summed E-state index contributed by atoms with van der Waals surface area (Å²) < 4.78 is 13.2. The highest BCUT2D eigenvalue weighted by molar-refractivity contribution is 8.01. The minimum atomic E-state index is -2.37. The summed E-state index contributed by atoms with van der Waals surface area (Å²) in [5, 5.41) is -0.392. The molecule has 4 aromatic rings. The largest absolute Gasteiger partial charge is 0.465 e. The Balaban J connectivity index is 1.75. The average molecular weight is 598 g/mol. The SMILES string of the molecule is CC(=O)OC(c1ccco1)C1C(=O)N([Si](C)(C)C(C)(C)C)C1SC(c1ccccc1)(c1ccccc1)c1ccccc1. The second-order valence-electron chi connectivity index (χ2n) is 12.4. The van der Waals surface area contributed by atoms with Crippen LogP contribution in [0.4, 0.5) is 0 Å². The summed E-state index contributed by atoms with van der Waals surface area (Å²) in [5.41, 5.74) is 3.34. The highest BCUT2D eigenvalue weighted by atomic mass is 32.2. The Morgan fingerprint density at radius 3 is 1.69 bits per heavy atom. The van der Waals surface area contributed by atoms with Crippen molar-refractivity contribution in [2.24, 2.45) is 5.92 Å². The fourth-order valence-corrected chi connectivity index (χ4v) is 10.7.